The molecule has 0 aliphatic carbocycles. The molecule has 0 aliphatic rings. The summed E-state index contributed by atoms with van der Waals surface area (Å²) in [4.78, 5) is 3.97. The Bertz CT molecular complexity index is 625. The zero-order chi connectivity index (χ0) is 12.4. The molecular formula is C13H12N4O. The van der Waals surface area contributed by atoms with Crippen molar-refractivity contribution in [1.82, 2.24) is 19.7 Å². The first-order chi connectivity index (χ1) is 8.81. The van der Waals surface area contributed by atoms with Crippen molar-refractivity contribution in [3.05, 3.63) is 54.4 Å². The molecule has 0 saturated carbocycles. The summed E-state index contributed by atoms with van der Waals surface area (Å²) in [6.45, 7) is 2.58. The second kappa shape index (κ2) is 4.44. The minimum absolute atomic E-state index is 0.541. The van der Waals surface area contributed by atoms with E-state index in [0.717, 1.165) is 5.56 Å². The molecule has 0 fully saturated rings. The van der Waals surface area contributed by atoms with Gasteiger partial charge in [0.05, 0.1) is 6.33 Å². The number of nitrogens with zero attached hydrogens (tertiary/aromatic N) is 4. The Balaban J connectivity index is 1.83. The van der Waals surface area contributed by atoms with Gasteiger partial charge in [0, 0.05) is 18.0 Å². The van der Waals surface area contributed by atoms with E-state index >= 15 is 0 Å². The van der Waals surface area contributed by atoms with Crippen LogP contribution in [0.25, 0.3) is 11.5 Å². The van der Waals surface area contributed by atoms with Crippen LogP contribution in [0.1, 0.15) is 11.5 Å². The number of hydrogen-bond donors (Lipinski definition) is 0. The normalized spacial score (nSPS) is 10.7. The van der Waals surface area contributed by atoms with Crippen LogP contribution < -0.4 is 0 Å². The fourth-order valence-corrected chi connectivity index (χ4v) is 1.67. The third kappa shape index (κ3) is 2.15. The fourth-order valence-electron chi connectivity index (χ4n) is 1.67. The van der Waals surface area contributed by atoms with E-state index in [4.69, 9.17) is 4.42 Å². The van der Waals surface area contributed by atoms with Crippen LogP contribution >= 0.6 is 0 Å². The number of aryl methyl sites for hydroxylation is 1. The molecule has 3 rings (SSSR count). The van der Waals surface area contributed by atoms with Crippen molar-refractivity contribution >= 4 is 0 Å². The predicted octanol–water partition coefficient (Wildman–Crippen LogP) is 2.29. The van der Waals surface area contributed by atoms with Crippen molar-refractivity contribution in [3.8, 4) is 11.5 Å². The van der Waals surface area contributed by atoms with Gasteiger partial charge < -0.3 is 8.98 Å². The summed E-state index contributed by atoms with van der Waals surface area (Å²) in [5.74, 6) is 1.12. The van der Waals surface area contributed by atoms with E-state index in [0.29, 0.717) is 18.3 Å². The van der Waals surface area contributed by atoms with Crippen molar-refractivity contribution in [2.45, 2.75) is 13.5 Å². The van der Waals surface area contributed by atoms with Crippen molar-refractivity contribution < 1.29 is 4.42 Å². The van der Waals surface area contributed by atoms with Crippen LogP contribution in [0.2, 0.25) is 0 Å². The minimum Gasteiger partial charge on any atom is -0.419 e. The van der Waals surface area contributed by atoms with Crippen LogP contribution in [0.4, 0.5) is 0 Å². The predicted molar refractivity (Wildman–Crippen MR) is 65.8 cm³/mol. The lowest BCUT2D eigenvalue weighted by Gasteiger charge is -1.96. The van der Waals surface area contributed by atoms with E-state index in [1.165, 1.54) is 5.56 Å². The minimum atomic E-state index is 0.541. The highest BCUT2D eigenvalue weighted by Crippen LogP contribution is 2.18. The molecule has 0 aliphatic heterocycles. The first kappa shape index (κ1) is 10.7. The molecule has 0 radical (unpaired) electrons. The van der Waals surface area contributed by atoms with Gasteiger partial charge in [-0.05, 0) is 19.1 Å². The van der Waals surface area contributed by atoms with Crippen molar-refractivity contribution in [2.75, 3.05) is 0 Å². The summed E-state index contributed by atoms with van der Waals surface area (Å²) in [5.41, 5.74) is 2.14. The van der Waals surface area contributed by atoms with Crippen LogP contribution in [-0.2, 0) is 6.54 Å². The maximum absolute atomic E-state index is 5.61. The summed E-state index contributed by atoms with van der Waals surface area (Å²) < 4.78 is 7.49. The fraction of sp³-hybridized carbons (Fsp3) is 0.154. The third-order valence-electron chi connectivity index (χ3n) is 2.64. The molecule has 0 bridgehead atoms. The molecule has 0 N–H and O–H groups in total. The first-order valence-electron chi connectivity index (χ1n) is 5.66. The number of imidazole rings is 1. The standard InChI is InChI=1S/C13H12N4O/c1-10-2-4-11(5-3-10)13-16-15-12(18-13)8-17-7-6-14-9-17/h2-7,9H,8H2,1H3. The second-order valence-electron chi connectivity index (χ2n) is 4.10. The summed E-state index contributed by atoms with van der Waals surface area (Å²) in [7, 11) is 0. The maximum atomic E-state index is 5.61. The zero-order valence-corrected chi connectivity index (χ0v) is 9.95. The molecule has 5 heteroatoms. The summed E-state index contributed by atoms with van der Waals surface area (Å²) in [6.07, 6.45) is 5.29. The van der Waals surface area contributed by atoms with Crippen LogP contribution in [-0.4, -0.2) is 19.7 Å². The monoisotopic (exact) mass is 240 g/mol. The van der Waals surface area contributed by atoms with E-state index in [2.05, 4.69) is 15.2 Å². The molecule has 5 nitrogen and oxygen atoms in total. The number of hydrogen-bond acceptors (Lipinski definition) is 4. The maximum Gasteiger partial charge on any atom is 0.247 e. The van der Waals surface area contributed by atoms with Gasteiger partial charge in [0.1, 0.15) is 6.54 Å². The Morgan fingerprint density at radius 1 is 1.17 bits per heavy atom. The largest absolute Gasteiger partial charge is 0.419 e. The van der Waals surface area contributed by atoms with Gasteiger partial charge in [0.25, 0.3) is 0 Å². The highest BCUT2D eigenvalue weighted by Gasteiger charge is 2.08. The van der Waals surface area contributed by atoms with Gasteiger partial charge in [0.15, 0.2) is 0 Å². The lowest BCUT2D eigenvalue weighted by Crippen LogP contribution is -1.96. The van der Waals surface area contributed by atoms with Gasteiger partial charge >= 0.3 is 0 Å². The Kier molecular flexibility index (Phi) is 2.64. The molecule has 18 heavy (non-hydrogen) atoms. The Morgan fingerprint density at radius 3 is 2.72 bits per heavy atom. The Labute approximate surface area is 104 Å². The van der Waals surface area contributed by atoms with E-state index in [9.17, 15) is 0 Å². The lowest BCUT2D eigenvalue weighted by atomic mass is 10.1. The molecular weight excluding hydrogens is 228 g/mol. The van der Waals surface area contributed by atoms with Gasteiger partial charge in [-0.3, -0.25) is 0 Å². The van der Waals surface area contributed by atoms with E-state index in [1.54, 1.807) is 12.5 Å². The molecule has 0 atom stereocenters. The number of aromatic nitrogens is 4. The highest BCUT2D eigenvalue weighted by molar-refractivity contribution is 5.52. The number of rotatable bonds is 3. The molecule has 3 aromatic rings. The SMILES string of the molecule is Cc1ccc(-c2nnc(Cn3ccnc3)o2)cc1. The molecule has 90 valence electrons. The van der Waals surface area contributed by atoms with Gasteiger partial charge in [-0.15, -0.1) is 10.2 Å². The molecule has 2 heterocycles. The lowest BCUT2D eigenvalue weighted by molar-refractivity contribution is 0.488. The van der Waals surface area contributed by atoms with Crippen LogP contribution in [0.5, 0.6) is 0 Å². The molecule has 0 spiro atoms. The van der Waals surface area contributed by atoms with E-state index in [-0.39, 0.29) is 0 Å². The summed E-state index contributed by atoms with van der Waals surface area (Å²) >= 11 is 0. The highest BCUT2D eigenvalue weighted by atomic mass is 16.4. The average molecular weight is 240 g/mol. The molecule has 1 aromatic carbocycles. The molecule has 0 unspecified atom stereocenters. The second-order valence-corrected chi connectivity index (χ2v) is 4.10. The molecule has 0 saturated heterocycles. The van der Waals surface area contributed by atoms with E-state index < -0.39 is 0 Å². The smallest absolute Gasteiger partial charge is 0.247 e. The van der Waals surface area contributed by atoms with Crippen molar-refractivity contribution in [1.29, 1.82) is 0 Å². The van der Waals surface area contributed by atoms with Crippen molar-refractivity contribution in [3.63, 3.8) is 0 Å². The Hall–Kier alpha value is -2.43. The van der Waals surface area contributed by atoms with Crippen LogP contribution in [0.15, 0.2) is 47.4 Å². The van der Waals surface area contributed by atoms with Crippen LogP contribution in [0.3, 0.4) is 0 Å². The van der Waals surface area contributed by atoms with Gasteiger partial charge in [0.2, 0.25) is 11.8 Å². The quantitative estimate of drug-likeness (QED) is 0.704. The molecule has 0 amide bonds. The summed E-state index contributed by atoms with van der Waals surface area (Å²) in [5, 5.41) is 8.07. The number of benzene rings is 1. The van der Waals surface area contributed by atoms with Gasteiger partial charge in [-0.25, -0.2) is 4.98 Å². The Morgan fingerprint density at radius 2 is 2.00 bits per heavy atom. The average Bonchev–Trinajstić information content (AvgIpc) is 3.02. The third-order valence-corrected chi connectivity index (χ3v) is 2.64. The van der Waals surface area contributed by atoms with Crippen molar-refractivity contribution in [2.24, 2.45) is 0 Å². The van der Waals surface area contributed by atoms with Gasteiger partial charge in [-0.1, -0.05) is 17.7 Å². The zero-order valence-electron chi connectivity index (χ0n) is 9.95. The summed E-state index contributed by atoms with van der Waals surface area (Å²) in [6, 6.07) is 8.00. The first-order valence-corrected chi connectivity index (χ1v) is 5.66. The van der Waals surface area contributed by atoms with E-state index in [1.807, 2.05) is 42.0 Å². The molecule has 2 aromatic heterocycles. The van der Waals surface area contributed by atoms with Gasteiger partial charge in [-0.2, -0.15) is 0 Å². The van der Waals surface area contributed by atoms with Crippen LogP contribution in [0, 0.1) is 6.92 Å². The topological polar surface area (TPSA) is 56.7 Å².